The maximum absolute atomic E-state index is 12.7. The molecule has 0 bridgehead atoms. The summed E-state index contributed by atoms with van der Waals surface area (Å²) in [5.41, 5.74) is 3.35. The quantitative estimate of drug-likeness (QED) is 0.178. The van der Waals surface area contributed by atoms with E-state index in [0.29, 0.717) is 28.1 Å². The number of anilines is 1. The Morgan fingerprint density at radius 2 is 1.95 bits per heavy atom. The number of nitrogens with one attached hydrogen (secondary N) is 2. The fourth-order valence-electron chi connectivity index (χ4n) is 3.51. The van der Waals surface area contributed by atoms with Gasteiger partial charge in [-0.25, -0.2) is 14.8 Å². The van der Waals surface area contributed by atoms with Crippen LogP contribution in [0.2, 0.25) is 0 Å². The van der Waals surface area contributed by atoms with Gasteiger partial charge >= 0.3 is 5.97 Å². The Balaban J connectivity index is 1.24. The van der Waals surface area contributed by atoms with Gasteiger partial charge in [0, 0.05) is 41.0 Å². The summed E-state index contributed by atoms with van der Waals surface area (Å²) in [5.74, 6) is -0.609. The second-order valence-corrected chi connectivity index (χ2v) is 8.80. The maximum atomic E-state index is 12.7. The number of nitro benzene ring substituents is 1. The summed E-state index contributed by atoms with van der Waals surface area (Å²) in [7, 11) is 0. The molecule has 0 aliphatic heterocycles. The van der Waals surface area contributed by atoms with E-state index in [1.807, 2.05) is 6.07 Å². The van der Waals surface area contributed by atoms with E-state index in [-0.39, 0.29) is 16.4 Å². The lowest BCUT2D eigenvalue weighted by Gasteiger charge is -2.12. The number of rotatable bonds is 7. The third kappa shape index (κ3) is 5.18. The lowest BCUT2D eigenvalue weighted by atomic mass is 10.1. The van der Waals surface area contributed by atoms with Crippen LogP contribution in [0.15, 0.2) is 72.4 Å². The molecule has 37 heavy (non-hydrogen) atoms. The maximum Gasteiger partial charge on any atom is 0.338 e. The highest BCUT2D eigenvalue weighted by molar-refractivity contribution is 7.14. The number of nitro groups is 1. The fourth-order valence-corrected chi connectivity index (χ4v) is 4.23. The summed E-state index contributed by atoms with van der Waals surface area (Å²) in [6, 6.07) is 14.6. The molecular formula is C25H18N6O5S. The third-order valence-electron chi connectivity index (χ3n) is 5.39. The van der Waals surface area contributed by atoms with Crippen molar-refractivity contribution in [2.75, 3.05) is 5.32 Å². The largest absolute Gasteiger partial charge is 0.449 e. The van der Waals surface area contributed by atoms with Crippen molar-refractivity contribution in [2.45, 2.75) is 13.0 Å². The predicted octanol–water partition coefficient (Wildman–Crippen LogP) is 4.84. The van der Waals surface area contributed by atoms with Crippen LogP contribution in [0.25, 0.3) is 33.7 Å². The number of pyridine rings is 1. The molecule has 2 aromatic carbocycles. The van der Waals surface area contributed by atoms with Crippen molar-refractivity contribution in [2.24, 2.45) is 0 Å². The lowest BCUT2D eigenvalue weighted by molar-refractivity contribution is -0.384. The van der Waals surface area contributed by atoms with Crippen LogP contribution in [0.1, 0.15) is 17.3 Å². The van der Waals surface area contributed by atoms with Gasteiger partial charge in [-0.3, -0.25) is 25.2 Å². The number of carbonyl (C=O) groups excluding carboxylic acids is 2. The van der Waals surface area contributed by atoms with E-state index in [9.17, 15) is 19.7 Å². The number of ether oxygens (including phenoxy) is 1. The summed E-state index contributed by atoms with van der Waals surface area (Å²) in [4.78, 5) is 51.9. The molecule has 0 aliphatic rings. The van der Waals surface area contributed by atoms with E-state index in [0.717, 1.165) is 16.9 Å². The molecule has 11 nitrogen and oxygen atoms in total. The Kier molecular flexibility index (Phi) is 6.39. The van der Waals surface area contributed by atoms with Gasteiger partial charge in [0.25, 0.3) is 11.6 Å². The van der Waals surface area contributed by atoms with Gasteiger partial charge < -0.3 is 9.72 Å². The molecule has 12 heteroatoms. The molecule has 2 N–H and O–H groups in total. The zero-order chi connectivity index (χ0) is 25.9. The van der Waals surface area contributed by atoms with Crippen LogP contribution in [0.5, 0.6) is 0 Å². The van der Waals surface area contributed by atoms with Gasteiger partial charge in [0.05, 0.1) is 27.2 Å². The molecule has 0 aliphatic carbocycles. The van der Waals surface area contributed by atoms with Gasteiger partial charge in [0.15, 0.2) is 11.2 Å². The van der Waals surface area contributed by atoms with E-state index in [4.69, 9.17) is 4.74 Å². The van der Waals surface area contributed by atoms with Crippen molar-refractivity contribution in [3.05, 3.63) is 88.0 Å². The van der Waals surface area contributed by atoms with Gasteiger partial charge in [0.1, 0.15) is 5.82 Å². The number of benzene rings is 2. The van der Waals surface area contributed by atoms with Crippen molar-refractivity contribution in [3.63, 3.8) is 0 Å². The van der Waals surface area contributed by atoms with Gasteiger partial charge in [-0.1, -0.05) is 12.1 Å². The van der Waals surface area contributed by atoms with Gasteiger partial charge in [-0.15, -0.1) is 11.3 Å². The van der Waals surface area contributed by atoms with E-state index < -0.39 is 22.9 Å². The standard InChI is InChI=1S/C25H18N6O5S/c1-14(23(32)30-25-29-21(13-37-25)15-4-2-6-18(10-15)31(34)35)36-24(33)16-7-8-19-20(11-16)28-22(27-19)17-5-3-9-26-12-17/h2-14H,1H3,(H,27,28)(H,29,30,32). The topological polar surface area (TPSA) is 153 Å². The number of imidazole rings is 1. The number of aromatic amines is 1. The number of thiazole rings is 1. The molecular weight excluding hydrogens is 496 g/mol. The lowest BCUT2D eigenvalue weighted by Crippen LogP contribution is -2.29. The number of carbonyl (C=O) groups is 2. The highest BCUT2D eigenvalue weighted by atomic mass is 32.1. The Labute approximate surface area is 213 Å². The van der Waals surface area contributed by atoms with Crippen molar-refractivity contribution in [3.8, 4) is 22.6 Å². The number of esters is 1. The van der Waals surface area contributed by atoms with Gasteiger partial charge in [-0.2, -0.15) is 0 Å². The van der Waals surface area contributed by atoms with Crippen LogP contribution in [0, 0.1) is 10.1 Å². The zero-order valence-corrected chi connectivity index (χ0v) is 20.1. The number of fused-ring (bicyclic) bond motifs is 1. The molecule has 3 heterocycles. The van der Waals surface area contributed by atoms with E-state index in [1.54, 1.807) is 54.2 Å². The monoisotopic (exact) mass is 514 g/mol. The summed E-state index contributed by atoms with van der Waals surface area (Å²) < 4.78 is 5.35. The number of hydrogen-bond donors (Lipinski definition) is 2. The van der Waals surface area contributed by atoms with Crippen LogP contribution in [0.4, 0.5) is 10.8 Å². The van der Waals surface area contributed by atoms with E-state index in [2.05, 4.69) is 25.3 Å². The molecule has 3 aromatic heterocycles. The first-order valence-electron chi connectivity index (χ1n) is 11.0. The number of aromatic nitrogens is 4. The van der Waals surface area contributed by atoms with Crippen LogP contribution in [-0.4, -0.2) is 42.8 Å². The van der Waals surface area contributed by atoms with Crippen LogP contribution in [-0.2, 0) is 9.53 Å². The first-order valence-corrected chi connectivity index (χ1v) is 11.9. The minimum absolute atomic E-state index is 0.0572. The molecule has 0 fully saturated rings. The van der Waals surface area contributed by atoms with Crippen LogP contribution in [0.3, 0.4) is 0 Å². The molecule has 184 valence electrons. The average molecular weight is 515 g/mol. The molecule has 0 saturated heterocycles. The normalized spacial score (nSPS) is 11.7. The highest BCUT2D eigenvalue weighted by Gasteiger charge is 2.21. The van der Waals surface area contributed by atoms with E-state index in [1.165, 1.54) is 19.1 Å². The van der Waals surface area contributed by atoms with Crippen molar-refractivity contribution >= 4 is 45.1 Å². The smallest absolute Gasteiger partial charge is 0.338 e. The Morgan fingerprint density at radius 3 is 2.73 bits per heavy atom. The van der Waals surface area contributed by atoms with Crippen LogP contribution >= 0.6 is 11.3 Å². The number of H-pyrrole nitrogens is 1. The minimum atomic E-state index is -1.10. The summed E-state index contributed by atoms with van der Waals surface area (Å²) in [6.45, 7) is 1.46. The average Bonchev–Trinajstić information content (AvgIpc) is 3.56. The van der Waals surface area contributed by atoms with Crippen LogP contribution < -0.4 is 5.32 Å². The number of hydrogen-bond acceptors (Lipinski definition) is 9. The molecule has 0 spiro atoms. The van der Waals surface area contributed by atoms with Crippen molar-refractivity contribution < 1.29 is 19.2 Å². The first kappa shape index (κ1) is 23.8. The third-order valence-corrected chi connectivity index (χ3v) is 6.15. The molecule has 0 saturated carbocycles. The Bertz CT molecular complexity index is 1630. The predicted molar refractivity (Wildman–Crippen MR) is 137 cm³/mol. The first-order chi connectivity index (χ1) is 17.9. The Hall–Kier alpha value is -4.97. The van der Waals surface area contributed by atoms with Crippen molar-refractivity contribution in [1.82, 2.24) is 19.9 Å². The summed E-state index contributed by atoms with van der Waals surface area (Å²) in [5, 5.41) is 15.6. The summed E-state index contributed by atoms with van der Waals surface area (Å²) in [6.07, 6.45) is 2.26. The molecule has 1 atom stereocenters. The highest BCUT2D eigenvalue weighted by Crippen LogP contribution is 2.28. The second-order valence-electron chi connectivity index (χ2n) is 7.94. The zero-order valence-electron chi connectivity index (χ0n) is 19.2. The molecule has 1 amide bonds. The molecule has 5 aromatic rings. The molecule has 5 rings (SSSR count). The molecule has 0 radical (unpaired) electrons. The minimum Gasteiger partial charge on any atom is -0.449 e. The van der Waals surface area contributed by atoms with Crippen molar-refractivity contribution in [1.29, 1.82) is 0 Å². The second kappa shape index (κ2) is 9.95. The molecule has 1 unspecified atom stereocenters. The summed E-state index contributed by atoms with van der Waals surface area (Å²) >= 11 is 1.15. The number of nitrogens with zero attached hydrogens (tertiary/aromatic N) is 4. The van der Waals surface area contributed by atoms with E-state index >= 15 is 0 Å². The number of non-ortho nitro benzene ring substituents is 1. The number of amides is 1. The Morgan fingerprint density at radius 1 is 1.11 bits per heavy atom. The van der Waals surface area contributed by atoms with Gasteiger partial charge in [-0.05, 0) is 37.3 Å². The van der Waals surface area contributed by atoms with Gasteiger partial charge in [0.2, 0.25) is 0 Å². The SMILES string of the molecule is CC(OC(=O)c1ccc2nc(-c3cccnc3)[nH]c2c1)C(=O)Nc1nc(-c2cccc([N+](=O)[O-])c2)cs1. The fraction of sp³-hybridized carbons (Fsp3) is 0.0800.